The first-order valence-electron chi connectivity index (χ1n) is 7.16. The number of piperazine rings is 1. The molecule has 0 spiro atoms. The Morgan fingerprint density at radius 3 is 2.05 bits per heavy atom. The van der Waals surface area contributed by atoms with Gasteiger partial charge in [-0.3, -0.25) is 9.59 Å². The molecule has 22 heavy (non-hydrogen) atoms. The van der Waals surface area contributed by atoms with E-state index in [0.717, 1.165) is 0 Å². The lowest BCUT2D eigenvalue weighted by molar-refractivity contribution is -0.136. The molecule has 0 atom stereocenters. The van der Waals surface area contributed by atoms with Crippen molar-refractivity contribution in [1.29, 1.82) is 5.26 Å². The van der Waals surface area contributed by atoms with Crippen molar-refractivity contribution in [3.8, 4) is 6.07 Å². The molecule has 6 heteroatoms. The first-order valence-corrected chi connectivity index (χ1v) is 7.16. The van der Waals surface area contributed by atoms with E-state index < -0.39 is 0 Å². The molecule has 0 bridgehead atoms. The normalized spacial score (nSPS) is 15.0. The smallest absolute Gasteiger partial charge is 0.266 e. The molecule has 0 aromatic rings. The predicted molar refractivity (Wildman–Crippen MR) is 84.5 cm³/mol. The third-order valence-corrected chi connectivity index (χ3v) is 3.40. The molecule has 0 saturated carbocycles. The van der Waals surface area contributed by atoms with Crippen LogP contribution in [0.1, 0.15) is 6.92 Å². The van der Waals surface area contributed by atoms with E-state index in [0.29, 0.717) is 39.3 Å². The lowest BCUT2D eigenvalue weighted by Gasteiger charge is -2.34. The van der Waals surface area contributed by atoms with E-state index in [1.807, 2.05) is 6.07 Å². The summed E-state index contributed by atoms with van der Waals surface area (Å²) in [4.78, 5) is 28.8. The number of nitrogens with zero attached hydrogens (tertiary/aromatic N) is 4. The number of rotatable bonds is 6. The van der Waals surface area contributed by atoms with Crippen LogP contribution in [0.15, 0.2) is 37.1 Å². The minimum atomic E-state index is -0.302. The van der Waals surface area contributed by atoms with Crippen LogP contribution >= 0.6 is 0 Å². The molecule has 6 nitrogen and oxygen atoms in total. The Morgan fingerprint density at radius 1 is 1.14 bits per heavy atom. The third-order valence-electron chi connectivity index (χ3n) is 3.40. The largest absolute Gasteiger partial charge is 0.369 e. The van der Waals surface area contributed by atoms with Crippen molar-refractivity contribution in [3.63, 3.8) is 0 Å². The molecule has 1 rings (SSSR count). The first-order chi connectivity index (χ1) is 10.5. The van der Waals surface area contributed by atoms with E-state index in [1.54, 1.807) is 33.1 Å². The average molecular weight is 302 g/mol. The summed E-state index contributed by atoms with van der Waals surface area (Å²) >= 11 is 0. The van der Waals surface area contributed by atoms with Gasteiger partial charge in [0, 0.05) is 52.4 Å². The number of carbonyl (C=O) groups is 2. The molecule has 1 aliphatic rings. The quantitative estimate of drug-likeness (QED) is 0.413. The summed E-state index contributed by atoms with van der Waals surface area (Å²) in [6.45, 7) is 11.8. The van der Waals surface area contributed by atoms with Gasteiger partial charge in [-0.1, -0.05) is 12.2 Å². The molecule has 0 N–H and O–H groups in total. The van der Waals surface area contributed by atoms with Gasteiger partial charge in [0.2, 0.25) is 5.91 Å². The van der Waals surface area contributed by atoms with E-state index in [9.17, 15) is 14.9 Å². The highest BCUT2D eigenvalue weighted by Gasteiger charge is 2.24. The summed E-state index contributed by atoms with van der Waals surface area (Å²) in [5, 5.41) is 9.24. The Hall–Kier alpha value is -2.55. The fraction of sp³-hybridized carbons (Fsp3) is 0.438. The second-order valence-corrected chi connectivity index (χ2v) is 4.98. The van der Waals surface area contributed by atoms with E-state index in [1.165, 1.54) is 6.92 Å². The molecule has 1 fully saturated rings. The number of hydrogen-bond donors (Lipinski definition) is 0. The van der Waals surface area contributed by atoms with Crippen LogP contribution in [0.3, 0.4) is 0 Å². The van der Waals surface area contributed by atoms with Crippen molar-refractivity contribution in [1.82, 2.24) is 14.7 Å². The van der Waals surface area contributed by atoms with Gasteiger partial charge in [-0.15, -0.1) is 13.2 Å². The molecule has 0 unspecified atom stereocenters. The van der Waals surface area contributed by atoms with Gasteiger partial charge in [0.1, 0.15) is 11.6 Å². The molecule has 1 heterocycles. The number of amides is 2. The lowest BCUT2D eigenvalue weighted by Crippen LogP contribution is -2.50. The summed E-state index contributed by atoms with van der Waals surface area (Å²) in [5.74, 6) is -0.296. The van der Waals surface area contributed by atoms with Crippen molar-refractivity contribution < 1.29 is 9.59 Å². The molecule has 1 aliphatic heterocycles. The monoisotopic (exact) mass is 302 g/mol. The van der Waals surface area contributed by atoms with Crippen LogP contribution < -0.4 is 0 Å². The van der Waals surface area contributed by atoms with Crippen LogP contribution in [0.4, 0.5) is 0 Å². The zero-order valence-corrected chi connectivity index (χ0v) is 13.0. The fourth-order valence-electron chi connectivity index (χ4n) is 2.22. The van der Waals surface area contributed by atoms with Crippen LogP contribution in [0, 0.1) is 11.3 Å². The minimum absolute atomic E-state index is 0.00582. The molecule has 0 aliphatic carbocycles. The maximum atomic E-state index is 12.4. The van der Waals surface area contributed by atoms with Gasteiger partial charge in [-0.25, -0.2) is 0 Å². The zero-order chi connectivity index (χ0) is 16.5. The Labute approximate surface area is 131 Å². The van der Waals surface area contributed by atoms with Gasteiger partial charge >= 0.3 is 0 Å². The molecule has 2 amide bonds. The van der Waals surface area contributed by atoms with E-state index in [4.69, 9.17) is 0 Å². The van der Waals surface area contributed by atoms with Gasteiger partial charge in [0.15, 0.2) is 0 Å². The summed E-state index contributed by atoms with van der Waals surface area (Å²) in [6, 6.07) is 1.96. The molecular weight excluding hydrogens is 280 g/mol. The highest BCUT2D eigenvalue weighted by atomic mass is 16.2. The molecule has 0 aromatic heterocycles. The maximum absolute atomic E-state index is 12.4. The fourth-order valence-corrected chi connectivity index (χ4v) is 2.22. The second kappa shape index (κ2) is 8.67. The van der Waals surface area contributed by atoms with E-state index >= 15 is 0 Å². The topological polar surface area (TPSA) is 67.7 Å². The number of nitriles is 1. The van der Waals surface area contributed by atoms with Gasteiger partial charge < -0.3 is 14.7 Å². The lowest BCUT2D eigenvalue weighted by atomic mass is 10.2. The molecule has 1 saturated heterocycles. The first kappa shape index (κ1) is 17.5. The summed E-state index contributed by atoms with van der Waals surface area (Å²) in [6.07, 6.45) is 4.94. The van der Waals surface area contributed by atoms with Crippen LogP contribution in [0.5, 0.6) is 0 Å². The highest BCUT2D eigenvalue weighted by Crippen LogP contribution is 2.08. The Bertz CT molecular complexity index is 501. The van der Waals surface area contributed by atoms with Crippen molar-refractivity contribution in [2.24, 2.45) is 0 Å². The minimum Gasteiger partial charge on any atom is -0.369 e. The van der Waals surface area contributed by atoms with E-state index in [2.05, 4.69) is 13.2 Å². The van der Waals surface area contributed by atoms with Crippen molar-refractivity contribution in [2.45, 2.75) is 6.92 Å². The summed E-state index contributed by atoms with van der Waals surface area (Å²) < 4.78 is 0. The molecule has 0 aromatic carbocycles. The van der Waals surface area contributed by atoms with Gasteiger partial charge in [-0.2, -0.15) is 5.26 Å². The van der Waals surface area contributed by atoms with Crippen molar-refractivity contribution >= 4 is 11.8 Å². The molecule has 0 radical (unpaired) electrons. The van der Waals surface area contributed by atoms with Crippen LogP contribution in [0.25, 0.3) is 0 Å². The summed E-state index contributed by atoms with van der Waals surface area (Å²) in [7, 11) is 0. The summed E-state index contributed by atoms with van der Waals surface area (Å²) in [5.41, 5.74) is 0.0833. The van der Waals surface area contributed by atoms with Crippen molar-refractivity contribution in [2.75, 3.05) is 39.3 Å². The SMILES string of the molecule is C=CCN(/C=C(/C#N)C(=O)N1CCN(C(C)=O)CC1)CC=C. The second-order valence-electron chi connectivity index (χ2n) is 4.98. The third kappa shape index (κ3) is 4.77. The molecular formula is C16H22N4O2. The number of carbonyl (C=O) groups excluding carboxylic acids is 2. The van der Waals surface area contributed by atoms with Crippen molar-refractivity contribution in [3.05, 3.63) is 37.1 Å². The zero-order valence-electron chi connectivity index (χ0n) is 13.0. The van der Waals surface area contributed by atoms with Gasteiger partial charge in [0.05, 0.1) is 0 Å². The van der Waals surface area contributed by atoms with Crippen LogP contribution in [-0.2, 0) is 9.59 Å². The Balaban J connectivity index is 2.76. The predicted octanol–water partition coefficient (Wildman–Crippen LogP) is 0.759. The standard InChI is InChI=1S/C16H22N4O2/c1-4-6-18(7-5-2)13-15(12-17)16(22)20-10-8-19(9-11-20)14(3)21/h4-5,13H,1-2,6-11H2,3H3/b15-13-. The van der Waals surface area contributed by atoms with E-state index in [-0.39, 0.29) is 17.4 Å². The van der Waals surface area contributed by atoms with Crippen LogP contribution in [0.2, 0.25) is 0 Å². The van der Waals surface area contributed by atoms with Crippen LogP contribution in [-0.4, -0.2) is 65.8 Å². The Kier molecular flexibility index (Phi) is 6.90. The molecule has 118 valence electrons. The van der Waals surface area contributed by atoms with Gasteiger partial charge in [-0.05, 0) is 0 Å². The highest BCUT2D eigenvalue weighted by molar-refractivity contribution is 5.97. The maximum Gasteiger partial charge on any atom is 0.266 e. The Morgan fingerprint density at radius 2 is 1.64 bits per heavy atom. The average Bonchev–Trinajstić information content (AvgIpc) is 2.52. The van der Waals surface area contributed by atoms with Gasteiger partial charge in [0.25, 0.3) is 5.91 Å². The number of hydrogen-bond acceptors (Lipinski definition) is 4.